The summed E-state index contributed by atoms with van der Waals surface area (Å²) in [5.74, 6) is 0.343. The monoisotopic (exact) mass is 215 g/mol. The SMILES string of the molecule is CC(C)COC(=O)NC1CC(O)C1(C)C. The first-order valence-corrected chi connectivity index (χ1v) is 5.45. The highest BCUT2D eigenvalue weighted by atomic mass is 16.5. The van der Waals surface area contributed by atoms with Crippen molar-refractivity contribution in [3.8, 4) is 0 Å². The summed E-state index contributed by atoms with van der Waals surface area (Å²) in [6.07, 6.45) is -0.0920. The molecule has 0 heterocycles. The standard InChI is InChI=1S/C11H21NO3/c1-7(2)6-15-10(14)12-8-5-9(13)11(8,3)4/h7-9,13H,5-6H2,1-4H3,(H,12,14). The molecular formula is C11H21NO3. The predicted molar refractivity (Wildman–Crippen MR) is 57.5 cm³/mol. The molecule has 0 aliphatic heterocycles. The summed E-state index contributed by atoms with van der Waals surface area (Å²) in [4.78, 5) is 11.3. The Morgan fingerprint density at radius 3 is 2.60 bits per heavy atom. The number of amides is 1. The number of ether oxygens (including phenoxy) is 1. The van der Waals surface area contributed by atoms with E-state index in [9.17, 15) is 9.90 Å². The van der Waals surface area contributed by atoms with Gasteiger partial charge in [0.2, 0.25) is 0 Å². The number of rotatable bonds is 3. The lowest BCUT2D eigenvalue weighted by atomic mass is 9.65. The van der Waals surface area contributed by atoms with Crippen molar-refractivity contribution in [1.29, 1.82) is 0 Å². The number of carbonyl (C=O) groups excluding carboxylic acids is 1. The molecule has 1 aliphatic rings. The molecule has 0 spiro atoms. The molecule has 0 bridgehead atoms. The van der Waals surface area contributed by atoms with Gasteiger partial charge < -0.3 is 15.2 Å². The Kier molecular flexibility index (Phi) is 3.60. The average molecular weight is 215 g/mol. The first kappa shape index (κ1) is 12.3. The highest BCUT2D eigenvalue weighted by Gasteiger charge is 2.48. The zero-order valence-electron chi connectivity index (χ0n) is 9.91. The zero-order valence-corrected chi connectivity index (χ0v) is 9.91. The number of nitrogens with one attached hydrogen (secondary N) is 1. The Morgan fingerprint density at radius 1 is 1.60 bits per heavy atom. The Morgan fingerprint density at radius 2 is 2.20 bits per heavy atom. The summed E-state index contributed by atoms with van der Waals surface area (Å²) in [6, 6.07) is 0.0205. The third-order valence-electron chi connectivity index (χ3n) is 3.06. The number of aliphatic hydroxyl groups excluding tert-OH is 1. The molecule has 4 heteroatoms. The van der Waals surface area contributed by atoms with E-state index in [4.69, 9.17) is 4.74 Å². The molecule has 0 aromatic carbocycles. The third kappa shape index (κ3) is 2.84. The molecule has 1 amide bonds. The van der Waals surface area contributed by atoms with Crippen molar-refractivity contribution < 1.29 is 14.6 Å². The molecule has 2 unspecified atom stereocenters. The molecule has 0 saturated heterocycles. The fraction of sp³-hybridized carbons (Fsp3) is 0.909. The van der Waals surface area contributed by atoms with E-state index in [0.29, 0.717) is 18.9 Å². The van der Waals surface area contributed by atoms with E-state index in [1.165, 1.54) is 0 Å². The second-order valence-electron chi connectivity index (χ2n) is 5.26. The maximum absolute atomic E-state index is 11.3. The second kappa shape index (κ2) is 4.39. The van der Waals surface area contributed by atoms with Crippen molar-refractivity contribution in [3.63, 3.8) is 0 Å². The second-order valence-corrected chi connectivity index (χ2v) is 5.26. The van der Waals surface area contributed by atoms with Crippen LogP contribution in [0.2, 0.25) is 0 Å². The maximum Gasteiger partial charge on any atom is 0.407 e. The molecule has 1 aliphatic carbocycles. The minimum Gasteiger partial charge on any atom is -0.449 e. The van der Waals surface area contributed by atoms with Gasteiger partial charge in [-0.2, -0.15) is 0 Å². The lowest BCUT2D eigenvalue weighted by Crippen LogP contribution is -2.61. The first-order valence-electron chi connectivity index (χ1n) is 5.45. The Bertz CT molecular complexity index is 238. The number of alkyl carbamates (subject to hydrolysis) is 1. The van der Waals surface area contributed by atoms with Gasteiger partial charge in [-0.25, -0.2) is 4.79 Å². The van der Waals surface area contributed by atoms with Crippen LogP contribution in [0.3, 0.4) is 0 Å². The van der Waals surface area contributed by atoms with E-state index in [1.54, 1.807) is 0 Å². The molecule has 1 rings (SSSR count). The van der Waals surface area contributed by atoms with Gasteiger partial charge in [-0.1, -0.05) is 27.7 Å². The van der Waals surface area contributed by atoms with E-state index in [2.05, 4.69) is 5.32 Å². The van der Waals surface area contributed by atoms with E-state index in [-0.39, 0.29) is 23.7 Å². The van der Waals surface area contributed by atoms with Crippen molar-refractivity contribution in [1.82, 2.24) is 5.32 Å². The minimum atomic E-state index is -0.381. The van der Waals surface area contributed by atoms with Gasteiger partial charge in [0.25, 0.3) is 0 Å². The molecule has 4 nitrogen and oxygen atoms in total. The lowest BCUT2D eigenvalue weighted by molar-refractivity contribution is -0.0708. The quantitative estimate of drug-likeness (QED) is 0.750. The van der Waals surface area contributed by atoms with Gasteiger partial charge in [0.05, 0.1) is 12.7 Å². The van der Waals surface area contributed by atoms with E-state index < -0.39 is 0 Å². The predicted octanol–water partition coefficient (Wildman–Crippen LogP) is 1.53. The van der Waals surface area contributed by atoms with Crippen LogP contribution < -0.4 is 5.32 Å². The van der Waals surface area contributed by atoms with Gasteiger partial charge in [-0.15, -0.1) is 0 Å². The molecular weight excluding hydrogens is 194 g/mol. The van der Waals surface area contributed by atoms with Gasteiger partial charge >= 0.3 is 6.09 Å². The normalized spacial score (nSPS) is 28.4. The van der Waals surface area contributed by atoms with Crippen LogP contribution in [0.15, 0.2) is 0 Å². The highest BCUT2D eigenvalue weighted by Crippen LogP contribution is 2.40. The van der Waals surface area contributed by atoms with Crippen molar-refractivity contribution in [3.05, 3.63) is 0 Å². The molecule has 0 radical (unpaired) electrons. The molecule has 1 saturated carbocycles. The highest BCUT2D eigenvalue weighted by molar-refractivity contribution is 5.68. The van der Waals surface area contributed by atoms with Crippen LogP contribution in [0.4, 0.5) is 4.79 Å². The molecule has 0 aromatic heterocycles. The Labute approximate surface area is 91.0 Å². The fourth-order valence-electron chi connectivity index (χ4n) is 1.57. The fourth-order valence-corrected chi connectivity index (χ4v) is 1.57. The van der Waals surface area contributed by atoms with Crippen molar-refractivity contribution in [2.24, 2.45) is 11.3 Å². The van der Waals surface area contributed by atoms with Crippen molar-refractivity contribution in [2.45, 2.75) is 46.3 Å². The molecule has 0 aromatic rings. The first-order chi connectivity index (χ1) is 6.84. The summed E-state index contributed by atoms with van der Waals surface area (Å²) >= 11 is 0. The van der Waals surface area contributed by atoms with Crippen LogP contribution in [0, 0.1) is 11.3 Å². The van der Waals surface area contributed by atoms with E-state index in [1.807, 2.05) is 27.7 Å². The molecule has 2 N–H and O–H groups in total. The lowest BCUT2D eigenvalue weighted by Gasteiger charge is -2.49. The van der Waals surface area contributed by atoms with Crippen LogP contribution in [-0.2, 0) is 4.74 Å². The summed E-state index contributed by atoms with van der Waals surface area (Å²) in [6.45, 7) is 8.29. The van der Waals surface area contributed by atoms with Gasteiger partial charge in [0.1, 0.15) is 0 Å². The summed E-state index contributed by atoms with van der Waals surface area (Å²) in [5, 5.41) is 12.3. The van der Waals surface area contributed by atoms with Crippen molar-refractivity contribution in [2.75, 3.05) is 6.61 Å². The maximum atomic E-state index is 11.3. The smallest absolute Gasteiger partial charge is 0.407 e. The van der Waals surface area contributed by atoms with Crippen LogP contribution in [0.25, 0.3) is 0 Å². The Hall–Kier alpha value is -0.770. The van der Waals surface area contributed by atoms with Crippen LogP contribution >= 0.6 is 0 Å². The molecule has 1 fully saturated rings. The molecule has 15 heavy (non-hydrogen) atoms. The third-order valence-corrected chi connectivity index (χ3v) is 3.06. The number of aliphatic hydroxyl groups is 1. The summed E-state index contributed by atoms with van der Waals surface area (Å²) in [5.41, 5.74) is -0.239. The van der Waals surface area contributed by atoms with Crippen LogP contribution in [0.1, 0.15) is 34.1 Å². The number of hydrogen-bond donors (Lipinski definition) is 2. The van der Waals surface area contributed by atoms with Crippen LogP contribution in [-0.4, -0.2) is 30.0 Å². The average Bonchev–Trinajstić information content (AvgIpc) is 2.14. The topological polar surface area (TPSA) is 58.6 Å². The van der Waals surface area contributed by atoms with E-state index in [0.717, 1.165) is 0 Å². The zero-order chi connectivity index (χ0) is 11.6. The van der Waals surface area contributed by atoms with Gasteiger partial charge in [0.15, 0.2) is 0 Å². The molecule has 88 valence electrons. The summed E-state index contributed by atoms with van der Waals surface area (Å²) < 4.78 is 5.01. The number of carbonyl (C=O) groups is 1. The number of hydrogen-bond acceptors (Lipinski definition) is 3. The van der Waals surface area contributed by atoms with Gasteiger partial charge in [0, 0.05) is 11.5 Å². The largest absolute Gasteiger partial charge is 0.449 e. The van der Waals surface area contributed by atoms with Gasteiger partial charge in [-0.05, 0) is 12.3 Å². The molecule has 2 atom stereocenters. The minimum absolute atomic E-state index is 0.0205. The summed E-state index contributed by atoms with van der Waals surface area (Å²) in [7, 11) is 0. The van der Waals surface area contributed by atoms with Crippen molar-refractivity contribution >= 4 is 6.09 Å². The van der Waals surface area contributed by atoms with E-state index >= 15 is 0 Å². The Balaban J connectivity index is 2.28. The van der Waals surface area contributed by atoms with Crippen LogP contribution in [0.5, 0.6) is 0 Å². The van der Waals surface area contributed by atoms with Gasteiger partial charge in [-0.3, -0.25) is 0 Å².